The highest BCUT2D eigenvalue weighted by molar-refractivity contribution is 7.98. The van der Waals surface area contributed by atoms with E-state index in [1.54, 1.807) is 6.92 Å². The lowest BCUT2D eigenvalue weighted by Gasteiger charge is -2.23. The van der Waals surface area contributed by atoms with Crippen molar-refractivity contribution >= 4 is 17.7 Å². The molecule has 1 saturated heterocycles. The van der Waals surface area contributed by atoms with Crippen molar-refractivity contribution in [1.82, 2.24) is 5.32 Å². The molecule has 1 aromatic carbocycles. The van der Waals surface area contributed by atoms with Gasteiger partial charge in [0.2, 0.25) is 5.91 Å². The van der Waals surface area contributed by atoms with E-state index in [9.17, 15) is 4.79 Å². The second kappa shape index (κ2) is 10.7. The molecule has 1 aliphatic rings. The smallest absolute Gasteiger partial charge is 0.248 e. The zero-order valence-corrected chi connectivity index (χ0v) is 15.6. The van der Waals surface area contributed by atoms with Crippen LogP contribution in [0, 0.1) is 6.92 Å². The number of thioether (sulfide) groups is 1. The summed E-state index contributed by atoms with van der Waals surface area (Å²) < 4.78 is 11.2. The van der Waals surface area contributed by atoms with Crippen LogP contribution >= 0.6 is 11.8 Å². The van der Waals surface area contributed by atoms with E-state index < -0.39 is 6.10 Å². The van der Waals surface area contributed by atoms with Gasteiger partial charge in [-0.2, -0.15) is 11.8 Å². The first-order valence-corrected chi connectivity index (χ1v) is 9.95. The van der Waals surface area contributed by atoms with Gasteiger partial charge in [-0.1, -0.05) is 29.8 Å². The summed E-state index contributed by atoms with van der Waals surface area (Å²) in [7, 11) is 0. The van der Waals surface area contributed by atoms with Gasteiger partial charge in [-0.15, -0.1) is 0 Å². The molecule has 0 saturated carbocycles. The van der Waals surface area contributed by atoms with Gasteiger partial charge in [0.25, 0.3) is 0 Å². The third-order valence-electron chi connectivity index (χ3n) is 4.11. The predicted octanol–water partition coefficient (Wildman–Crippen LogP) is 3.32. The largest absolute Gasteiger partial charge is 0.376 e. The third kappa shape index (κ3) is 7.24. The molecular weight excluding hydrogens is 322 g/mol. The van der Waals surface area contributed by atoms with Crippen molar-refractivity contribution in [3.8, 4) is 0 Å². The minimum Gasteiger partial charge on any atom is -0.376 e. The molecule has 0 radical (unpaired) electrons. The zero-order chi connectivity index (χ0) is 17.2. The van der Waals surface area contributed by atoms with E-state index in [0.29, 0.717) is 13.2 Å². The van der Waals surface area contributed by atoms with Crippen LogP contribution in [0.5, 0.6) is 0 Å². The van der Waals surface area contributed by atoms with Crippen LogP contribution in [0.2, 0.25) is 0 Å². The van der Waals surface area contributed by atoms with Crippen molar-refractivity contribution in [2.75, 3.05) is 25.5 Å². The fourth-order valence-corrected chi connectivity index (χ4v) is 3.35. The molecule has 134 valence electrons. The Balaban J connectivity index is 1.52. The summed E-state index contributed by atoms with van der Waals surface area (Å²) in [5.41, 5.74) is 2.60. The summed E-state index contributed by atoms with van der Waals surface area (Å²) in [6.07, 6.45) is 3.08. The number of rotatable bonds is 9. The average molecular weight is 352 g/mol. The van der Waals surface area contributed by atoms with E-state index in [-0.39, 0.29) is 12.0 Å². The van der Waals surface area contributed by atoms with Gasteiger partial charge in [-0.25, -0.2) is 0 Å². The van der Waals surface area contributed by atoms with Gasteiger partial charge in [-0.3, -0.25) is 4.79 Å². The molecule has 1 aliphatic heterocycles. The van der Waals surface area contributed by atoms with Gasteiger partial charge in [0.15, 0.2) is 0 Å². The zero-order valence-electron chi connectivity index (χ0n) is 14.8. The summed E-state index contributed by atoms with van der Waals surface area (Å²) in [5, 5.41) is 2.94. The first-order chi connectivity index (χ1) is 11.6. The number of carbonyl (C=O) groups excluding carboxylic acids is 1. The highest BCUT2D eigenvalue weighted by Gasteiger charge is 2.18. The van der Waals surface area contributed by atoms with E-state index in [4.69, 9.17) is 9.47 Å². The molecule has 1 amide bonds. The standard InChI is InChI=1S/C19H29NO3S/c1-15-6-8-17(9-7-15)14-24-12-10-20-19(21)16(2)23-13-18-5-3-4-11-22-18/h6-9,16,18H,3-5,10-14H2,1-2H3,(H,20,21). The molecule has 0 spiro atoms. The van der Waals surface area contributed by atoms with Crippen LogP contribution in [-0.2, 0) is 20.0 Å². The summed E-state index contributed by atoms with van der Waals surface area (Å²) in [5.74, 6) is 1.83. The first-order valence-electron chi connectivity index (χ1n) is 8.79. The molecule has 0 bridgehead atoms. The number of amides is 1. The lowest BCUT2D eigenvalue weighted by atomic mass is 10.1. The molecule has 5 heteroatoms. The third-order valence-corrected chi connectivity index (χ3v) is 5.14. The predicted molar refractivity (Wildman–Crippen MR) is 99.4 cm³/mol. The van der Waals surface area contributed by atoms with Crippen LogP contribution in [-0.4, -0.2) is 43.6 Å². The molecule has 2 unspecified atom stereocenters. The SMILES string of the molecule is Cc1ccc(CSCCNC(=O)C(C)OCC2CCCCO2)cc1. The second-order valence-electron chi connectivity index (χ2n) is 6.29. The van der Waals surface area contributed by atoms with Gasteiger partial charge < -0.3 is 14.8 Å². The van der Waals surface area contributed by atoms with Crippen molar-refractivity contribution in [2.24, 2.45) is 0 Å². The van der Waals surface area contributed by atoms with Crippen LogP contribution in [0.15, 0.2) is 24.3 Å². The average Bonchev–Trinajstić information content (AvgIpc) is 2.61. The Bertz CT molecular complexity index is 486. The van der Waals surface area contributed by atoms with Crippen LogP contribution in [0.25, 0.3) is 0 Å². The molecule has 0 aliphatic carbocycles. The molecule has 24 heavy (non-hydrogen) atoms. The van der Waals surface area contributed by atoms with Crippen molar-refractivity contribution in [2.45, 2.75) is 51.1 Å². The number of benzene rings is 1. The molecule has 1 aromatic rings. The number of aryl methyl sites for hydroxylation is 1. The maximum Gasteiger partial charge on any atom is 0.248 e. The maximum absolute atomic E-state index is 12.0. The second-order valence-corrected chi connectivity index (χ2v) is 7.40. The lowest BCUT2D eigenvalue weighted by molar-refractivity contribution is -0.135. The fraction of sp³-hybridized carbons (Fsp3) is 0.632. The first kappa shape index (κ1) is 19.3. The van der Waals surface area contributed by atoms with Crippen molar-refractivity contribution < 1.29 is 14.3 Å². The monoisotopic (exact) mass is 351 g/mol. The number of nitrogens with one attached hydrogen (secondary N) is 1. The molecular formula is C19H29NO3S. The topological polar surface area (TPSA) is 47.6 Å². The van der Waals surface area contributed by atoms with Gasteiger partial charge >= 0.3 is 0 Å². The Hall–Kier alpha value is -1.04. The summed E-state index contributed by atoms with van der Waals surface area (Å²) in [6, 6.07) is 8.58. The fourth-order valence-electron chi connectivity index (χ4n) is 2.53. The number of carbonyl (C=O) groups is 1. The van der Waals surface area contributed by atoms with Gasteiger partial charge in [0.05, 0.1) is 12.7 Å². The quantitative estimate of drug-likeness (QED) is 0.693. The highest BCUT2D eigenvalue weighted by atomic mass is 32.2. The van der Waals surface area contributed by atoms with Crippen LogP contribution in [0.4, 0.5) is 0 Å². The van der Waals surface area contributed by atoms with Crippen molar-refractivity contribution in [1.29, 1.82) is 0 Å². The summed E-state index contributed by atoms with van der Waals surface area (Å²) in [6.45, 7) is 5.89. The normalized spacial score (nSPS) is 19.0. The van der Waals surface area contributed by atoms with Crippen molar-refractivity contribution in [3.63, 3.8) is 0 Å². The summed E-state index contributed by atoms with van der Waals surface area (Å²) >= 11 is 1.83. The van der Waals surface area contributed by atoms with E-state index in [0.717, 1.165) is 31.0 Å². The lowest BCUT2D eigenvalue weighted by Crippen LogP contribution is -2.37. The Morgan fingerprint density at radius 2 is 2.17 bits per heavy atom. The van der Waals surface area contributed by atoms with E-state index in [2.05, 4.69) is 36.5 Å². The Morgan fingerprint density at radius 3 is 2.88 bits per heavy atom. The van der Waals surface area contributed by atoms with Crippen LogP contribution in [0.1, 0.15) is 37.3 Å². The molecule has 4 nitrogen and oxygen atoms in total. The molecule has 1 N–H and O–H groups in total. The van der Waals surface area contributed by atoms with E-state index in [1.165, 1.54) is 17.5 Å². The van der Waals surface area contributed by atoms with E-state index >= 15 is 0 Å². The Kier molecular flexibility index (Phi) is 8.64. The van der Waals surface area contributed by atoms with Crippen LogP contribution in [0.3, 0.4) is 0 Å². The van der Waals surface area contributed by atoms with Crippen molar-refractivity contribution in [3.05, 3.63) is 35.4 Å². The Labute approximate surface area is 149 Å². The van der Waals surface area contributed by atoms with Crippen LogP contribution < -0.4 is 5.32 Å². The van der Waals surface area contributed by atoms with Gasteiger partial charge in [-0.05, 0) is 38.7 Å². The Morgan fingerprint density at radius 1 is 1.38 bits per heavy atom. The highest BCUT2D eigenvalue weighted by Crippen LogP contribution is 2.14. The van der Waals surface area contributed by atoms with Gasteiger partial charge in [0, 0.05) is 24.7 Å². The minimum absolute atomic E-state index is 0.0401. The van der Waals surface area contributed by atoms with Gasteiger partial charge in [0.1, 0.15) is 6.10 Å². The minimum atomic E-state index is -0.419. The maximum atomic E-state index is 12.0. The number of hydrogen-bond acceptors (Lipinski definition) is 4. The van der Waals surface area contributed by atoms with E-state index in [1.807, 2.05) is 11.8 Å². The number of ether oxygens (including phenoxy) is 2. The number of hydrogen-bond donors (Lipinski definition) is 1. The summed E-state index contributed by atoms with van der Waals surface area (Å²) in [4.78, 5) is 12.0. The molecule has 1 heterocycles. The molecule has 1 fully saturated rings. The molecule has 2 rings (SSSR count). The molecule has 2 atom stereocenters. The molecule has 0 aromatic heterocycles.